The molecule has 124 valence electrons. The van der Waals surface area contributed by atoms with E-state index in [0.717, 1.165) is 24.2 Å². The fourth-order valence-corrected chi connectivity index (χ4v) is 3.67. The second kappa shape index (κ2) is 8.47. The molecule has 0 aliphatic rings. The average Bonchev–Trinajstić information content (AvgIpc) is 2.95. The molecule has 0 aliphatic heterocycles. The monoisotopic (exact) mass is 374 g/mol. The lowest BCUT2D eigenvalue weighted by Crippen LogP contribution is -2.22. The Balaban J connectivity index is 1.93. The van der Waals surface area contributed by atoms with E-state index in [1.54, 1.807) is 6.92 Å². The minimum absolute atomic E-state index is 0.106. The van der Waals surface area contributed by atoms with E-state index in [4.69, 9.17) is 11.6 Å². The summed E-state index contributed by atoms with van der Waals surface area (Å²) in [4.78, 5) is 12.1. The standard InChI is InChI=1S/C14H16ClFN4OS2/c1-3-6-17-13-19-20-14(23-13)22-8(2)12(21)18-11-5-4-9(15)7-10(11)16/h4-5,7-8H,3,6H2,1-2H3,(H,17,19)(H,18,21)/t8-/m0/s1. The van der Waals surface area contributed by atoms with Crippen LogP contribution in [-0.4, -0.2) is 27.9 Å². The van der Waals surface area contributed by atoms with E-state index in [9.17, 15) is 9.18 Å². The van der Waals surface area contributed by atoms with Gasteiger partial charge >= 0.3 is 0 Å². The van der Waals surface area contributed by atoms with Crippen molar-refractivity contribution in [1.29, 1.82) is 0 Å². The van der Waals surface area contributed by atoms with Crippen LogP contribution >= 0.6 is 34.7 Å². The first kappa shape index (κ1) is 18.0. The second-order valence-corrected chi connectivity index (χ2v) is 7.68. The highest BCUT2D eigenvalue weighted by Crippen LogP contribution is 2.29. The number of anilines is 2. The van der Waals surface area contributed by atoms with Gasteiger partial charge in [0.05, 0.1) is 10.9 Å². The summed E-state index contributed by atoms with van der Waals surface area (Å²) in [5, 5.41) is 14.3. The van der Waals surface area contributed by atoms with Crippen LogP contribution in [0.15, 0.2) is 22.5 Å². The summed E-state index contributed by atoms with van der Waals surface area (Å²) in [6, 6.07) is 4.12. The van der Waals surface area contributed by atoms with Crippen LogP contribution in [-0.2, 0) is 4.79 Å². The van der Waals surface area contributed by atoms with Gasteiger partial charge in [0, 0.05) is 11.6 Å². The van der Waals surface area contributed by atoms with Gasteiger partial charge < -0.3 is 10.6 Å². The zero-order chi connectivity index (χ0) is 16.8. The Morgan fingerprint density at radius 3 is 2.96 bits per heavy atom. The van der Waals surface area contributed by atoms with Gasteiger partial charge in [0.15, 0.2) is 4.34 Å². The molecule has 1 aromatic carbocycles. The Morgan fingerprint density at radius 2 is 2.26 bits per heavy atom. The molecule has 0 radical (unpaired) electrons. The molecule has 1 atom stereocenters. The van der Waals surface area contributed by atoms with E-state index in [1.807, 2.05) is 0 Å². The molecule has 2 rings (SSSR count). The number of nitrogens with zero attached hydrogens (tertiary/aromatic N) is 2. The van der Waals surface area contributed by atoms with Crippen molar-refractivity contribution in [3.05, 3.63) is 29.0 Å². The number of thioether (sulfide) groups is 1. The Hall–Kier alpha value is -1.38. The maximum Gasteiger partial charge on any atom is 0.237 e. The summed E-state index contributed by atoms with van der Waals surface area (Å²) in [5.74, 6) is -0.875. The van der Waals surface area contributed by atoms with E-state index in [2.05, 4.69) is 27.8 Å². The molecule has 2 N–H and O–H groups in total. The number of aromatic nitrogens is 2. The zero-order valence-electron chi connectivity index (χ0n) is 12.6. The first-order valence-electron chi connectivity index (χ1n) is 6.99. The molecule has 0 aliphatic carbocycles. The molecule has 0 spiro atoms. The smallest absolute Gasteiger partial charge is 0.237 e. The van der Waals surface area contributed by atoms with Gasteiger partial charge in [0.2, 0.25) is 11.0 Å². The van der Waals surface area contributed by atoms with E-state index in [-0.39, 0.29) is 16.6 Å². The van der Waals surface area contributed by atoms with E-state index >= 15 is 0 Å². The topological polar surface area (TPSA) is 66.9 Å². The summed E-state index contributed by atoms with van der Waals surface area (Å²) >= 11 is 8.35. The van der Waals surface area contributed by atoms with Crippen molar-refractivity contribution in [3.63, 3.8) is 0 Å². The van der Waals surface area contributed by atoms with E-state index < -0.39 is 11.1 Å². The Bertz CT molecular complexity index is 683. The lowest BCUT2D eigenvalue weighted by molar-refractivity contribution is -0.115. The summed E-state index contributed by atoms with van der Waals surface area (Å²) in [7, 11) is 0. The molecule has 9 heteroatoms. The van der Waals surface area contributed by atoms with Crippen LogP contribution in [0.1, 0.15) is 20.3 Å². The highest BCUT2D eigenvalue weighted by molar-refractivity contribution is 8.02. The normalized spacial score (nSPS) is 12.0. The van der Waals surface area contributed by atoms with Gasteiger partial charge in [0.25, 0.3) is 0 Å². The number of amides is 1. The maximum atomic E-state index is 13.7. The van der Waals surface area contributed by atoms with Crippen molar-refractivity contribution in [2.75, 3.05) is 17.2 Å². The SMILES string of the molecule is CCCNc1nnc(S[C@@H](C)C(=O)Nc2ccc(Cl)cc2F)s1. The molecule has 1 heterocycles. The lowest BCUT2D eigenvalue weighted by atomic mass is 10.3. The Labute approximate surface area is 147 Å². The van der Waals surface area contributed by atoms with Gasteiger partial charge in [-0.05, 0) is 31.5 Å². The molecule has 1 aromatic heterocycles. The molecule has 0 unspecified atom stereocenters. The highest BCUT2D eigenvalue weighted by Gasteiger charge is 2.18. The van der Waals surface area contributed by atoms with Crippen LogP contribution in [0.2, 0.25) is 5.02 Å². The van der Waals surface area contributed by atoms with Gasteiger partial charge in [-0.3, -0.25) is 4.79 Å². The predicted molar refractivity (Wildman–Crippen MR) is 94.0 cm³/mol. The number of halogens is 2. The fraction of sp³-hybridized carbons (Fsp3) is 0.357. The van der Waals surface area contributed by atoms with Crippen LogP contribution in [0.25, 0.3) is 0 Å². The Kier molecular flexibility index (Phi) is 6.61. The molecule has 0 saturated heterocycles. The molecular formula is C14H16ClFN4OS2. The van der Waals surface area contributed by atoms with Gasteiger partial charge in [0.1, 0.15) is 5.82 Å². The molecule has 0 saturated carbocycles. The third-order valence-electron chi connectivity index (χ3n) is 2.77. The van der Waals surface area contributed by atoms with Crippen LogP contribution in [0.4, 0.5) is 15.2 Å². The number of nitrogens with one attached hydrogen (secondary N) is 2. The van der Waals surface area contributed by atoms with Crippen molar-refractivity contribution in [1.82, 2.24) is 10.2 Å². The zero-order valence-corrected chi connectivity index (χ0v) is 15.0. The molecule has 2 aromatic rings. The number of rotatable bonds is 7. The highest BCUT2D eigenvalue weighted by atomic mass is 35.5. The maximum absolute atomic E-state index is 13.7. The molecular weight excluding hydrogens is 359 g/mol. The number of hydrogen-bond donors (Lipinski definition) is 2. The van der Waals surface area contributed by atoms with Crippen molar-refractivity contribution < 1.29 is 9.18 Å². The number of carbonyl (C=O) groups excluding carboxylic acids is 1. The number of hydrogen-bond acceptors (Lipinski definition) is 6. The molecule has 1 amide bonds. The van der Waals surface area contributed by atoms with E-state index in [0.29, 0.717) is 4.34 Å². The first-order valence-corrected chi connectivity index (χ1v) is 9.07. The van der Waals surface area contributed by atoms with E-state index in [1.165, 1.54) is 35.2 Å². The minimum atomic E-state index is -0.565. The van der Waals surface area contributed by atoms with Crippen molar-refractivity contribution in [2.24, 2.45) is 0 Å². The molecule has 0 bridgehead atoms. The van der Waals surface area contributed by atoms with Crippen molar-refractivity contribution >= 4 is 51.4 Å². The fourth-order valence-electron chi connectivity index (χ4n) is 1.59. The van der Waals surface area contributed by atoms with Crippen molar-refractivity contribution in [2.45, 2.75) is 29.9 Å². The summed E-state index contributed by atoms with van der Waals surface area (Å²) in [5.41, 5.74) is 0.106. The predicted octanol–water partition coefficient (Wildman–Crippen LogP) is 4.27. The Morgan fingerprint density at radius 1 is 1.48 bits per heavy atom. The number of benzene rings is 1. The van der Waals surface area contributed by atoms with Crippen LogP contribution in [0, 0.1) is 5.82 Å². The third kappa shape index (κ3) is 5.33. The molecule has 5 nitrogen and oxygen atoms in total. The largest absolute Gasteiger partial charge is 0.360 e. The van der Waals surface area contributed by atoms with Gasteiger partial charge in [-0.15, -0.1) is 10.2 Å². The number of carbonyl (C=O) groups is 1. The quantitative estimate of drug-likeness (QED) is 0.708. The lowest BCUT2D eigenvalue weighted by Gasteiger charge is -2.11. The second-order valence-electron chi connectivity index (χ2n) is 4.67. The minimum Gasteiger partial charge on any atom is -0.360 e. The van der Waals surface area contributed by atoms with Crippen LogP contribution in [0.5, 0.6) is 0 Å². The molecule has 0 fully saturated rings. The summed E-state index contributed by atoms with van der Waals surface area (Å²) in [6.45, 7) is 4.62. The van der Waals surface area contributed by atoms with Gasteiger partial charge in [-0.1, -0.05) is 41.6 Å². The van der Waals surface area contributed by atoms with Crippen LogP contribution < -0.4 is 10.6 Å². The van der Waals surface area contributed by atoms with Crippen LogP contribution in [0.3, 0.4) is 0 Å². The third-order valence-corrected chi connectivity index (χ3v) is 5.07. The first-order chi connectivity index (χ1) is 11.0. The van der Waals surface area contributed by atoms with Gasteiger partial charge in [-0.2, -0.15) is 0 Å². The summed E-state index contributed by atoms with van der Waals surface area (Å²) < 4.78 is 14.4. The summed E-state index contributed by atoms with van der Waals surface area (Å²) in [6.07, 6.45) is 0.994. The molecule has 23 heavy (non-hydrogen) atoms. The average molecular weight is 375 g/mol. The van der Waals surface area contributed by atoms with Crippen molar-refractivity contribution in [3.8, 4) is 0 Å². The van der Waals surface area contributed by atoms with Gasteiger partial charge in [-0.25, -0.2) is 4.39 Å².